The Morgan fingerprint density at radius 1 is 1.23 bits per heavy atom. The molecule has 0 aliphatic carbocycles. The summed E-state index contributed by atoms with van der Waals surface area (Å²) in [4.78, 5) is 30.5. The quantitative estimate of drug-likeness (QED) is 0.508. The fraction of sp³-hybridized carbons (Fsp3) is 0.571. The van der Waals surface area contributed by atoms with Gasteiger partial charge in [-0.25, -0.2) is 18.8 Å². The van der Waals surface area contributed by atoms with Crippen molar-refractivity contribution in [3.63, 3.8) is 0 Å². The van der Waals surface area contributed by atoms with Crippen LogP contribution in [0.3, 0.4) is 0 Å². The Labute approximate surface area is 232 Å². The Hall–Kier alpha value is -3.38. The third kappa shape index (κ3) is 6.33. The third-order valence-corrected chi connectivity index (χ3v) is 7.27. The van der Waals surface area contributed by atoms with E-state index in [2.05, 4.69) is 22.1 Å². The average molecular weight is 558 g/mol. The van der Waals surface area contributed by atoms with Gasteiger partial charge in [0.15, 0.2) is 11.8 Å². The number of benzene rings is 1. The van der Waals surface area contributed by atoms with Gasteiger partial charge in [-0.05, 0) is 25.5 Å². The highest BCUT2D eigenvalue weighted by molar-refractivity contribution is 6.09. The van der Waals surface area contributed by atoms with Crippen LogP contribution in [0.25, 0.3) is 16.7 Å². The van der Waals surface area contributed by atoms with Crippen LogP contribution in [0.15, 0.2) is 40.3 Å². The van der Waals surface area contributed by atoms with Crippen LogP contribution in [0.4, 0.5) is 8.78 Å². The lowest BCUT2D eigenvalue weighted by atomic mass is 10.1. The van der Waals surface area contributed by atoms with E-state index in [9.17, 15) is 13.6 Å². The lowest BCUT2D eigenvalue weighted by molar-refractivity contribution is -0.138. The van der Waals surface area contributed by atoms with Crippen molar-refractivity contribution in [3.05, 3.63) is 36.2 Å². The summed E-state index contributed by atoms with van der Waals surface area (Å²) >= 11 is 0. The van der Waals surface area contributed by atoms with Crippen LogP contribution in [0.1, 0.15) is 45.4 Å². The number of amidine groups is 1. The van der Waals surface area contributed by atoms with Gasteiger partial charge in [-0.2, -0.15) is 0 Å². The number of halogens is 2. The molecule has 1 N–H and O–H groups in total. The number of para-hydroxylation sites is 2. The maximum absolute atomic E-state index is 14.1. The predicted octanol–water partition coefficient (Wildman–Crippen LogP) is 3.31. The average Bonchev–Trinajstić information content (AvgIpc) is 3.20. The number of ether oxygens (including phenoxy) is 2. The summed E-state index contributed by atoms with van der Waals surface area (Å²) in [5, 5.41) is 3.33. The van der Waals surface area contributed by atoms with Crippen molar-refractivity contribution in [2.24, 2.45) is 9.98 Å². The zero-order valence-electron chi connectivity index (χ0n) is 23.1. The van der Waals surface area contributed by atoms with Crippen molar-refractivity contribution in [1.82, 2.24) is 24.7 Å². The van der Waals surface area contributed by atoms with Crippen molar-refractivity contribution in [2.75, 3.05) is 52.5 Å². The van der Waals surface area contributed by atoms with Gasteiger partial charge in [-0.15, -0.1) is 0 Å². The summed E-state index contributed by atoms with van der Waals surface area (Å²) in [5.74, 6) is 0.886. The minimum absolute atomic E-state index is 0.0652. The van der Waals surface area contributed by atoms with Crippen LogP contribution in [0.2, 0.25) is 0 Å². The van der Waals surface area contributed by atoms with E-state index in [0.29, 0.717) is 80.9 Å². The maximum Gasteiger partial charge on any atom is 0.295 e. The summed E-state index contributed by atoms with van der Waals surface area (Å²) in [6.07, 6.45) is 1.12. The van der Waals surface area contributed by atoms with Crippen LogP contribution >= 0.6 is 0 Å². The largest absolute Gasteiger partial charge is 0.378 e. The number of hydrogen-bond acceptors (Lipinski definition) is 7. The minimum Gasteiger partial charge on any atom is -0.378 e. The van der Waals surface area contributed by atoms with E-state index < -0.39 is 6.43 Å². The second-order valence-corrected chi connectivity index (χ2v) is 10.1. The molecule has 1 amide bonds. The number of nitrogens with one attached hydrogen (secondary N) is 1. The Balaban J connectivity index is 1.39. The zero-order chi connectivity index (χ0) is 28.1. The molecule has 4 heterocycles. The van der Waals surface area contributed by atoms with E-state index in [1.165, 1.54) is 4.57 Å². The van der Waals surface area contributed by atoms with Crippen LogP contribution in [0.5, 0.6) is 0 Å². The number of guanidine groups is 1. The Kier molecular flexibility index (Phi) is 9.05. The minimum atomic E-state index is -2.76. The number of alkyl halides is 2. The van der Waals surface area contributed by atoms with Crippen molar-refractivity contribution in [3.8, 4) is 0 Å². The number of likely N-dealkylation sites (tertiary alicyclic amines) is 1. The number of carbonyl (C=O) groups excluding carboxylic acids is 1. The van der Waals surface area contributed by atoms with Gasteiger partial charge in [0.2, 0.25) is 5.91 Å². The monoisotopic (exact) mass is 557 g/mol. The van der Waals surface area contributed by atoms with Gasteiger partial charge < -0.3 is 24.6 Å². The Morgan fingerprint density at radius 3 is 2.73 bits per heavy atom. The van der Waals surface area contributed by atoms with Gasteiger partial charge in [0.05, 0.1) is 49.4 Å². The molecule has 12 heteroatoms. The second kappa shape index (κ2) is 12.9. The number of nitrogens with zero attached hydrogens (tertiary/aromatic N) is 6. The molecule has 0 spiro atoms. The highest BCUT2D eigenvalue weighted by atomic mass is 19.3. The SMILES string of the molecule is CCCC(CC(=O)N1CC(N=C2C=C(n3c(C(F)F)nc4ccccc43)CN=C(N3CCOCC3)N2)C1)OCC. The molecule has 216 valence electrons. The molecule has 3 aliphatic heterocycles. The standard InChI is InChI=1S/C28H37F2N7O3/c1-3-7-21(40-4-2)15-25(38)36-17-19(18-36)32-24-14-20(16-31-28(34-24)35-10-12-39-13-11-35)37-23-9-6-5-8-22(23)33-27(37)26(29)30/h5-6,8-9,14,19,21,26H,3-4,7,10-13,15-18H2,1-2H3,(H,31,32,34). The Bertz CT molecular complexity index is 1270. The number of morpholine rings is 1. The number of carbonyl (C=O) groups is 1. The second-order valence-electron chi connectivity index (χ2n) is 10.1. The first-order chi connectivity index (χ1) is 19.5. The van der Waals surface area contributed by atoms with Crippen molar-refractivity contribution in [1.29, 1.82) is 0 Å². The molecule has 1 atom stereocenters. The van der Waals surface area contributed by atoms with Crippen molar-refractivity contribution < 1.29 is 23.0 Å². The number of hydrogen-bond donors (Lipinski definition) is 1. The van der Waals surface area contributed by atoms with Gasteiger partial charge in [0.1, 0.15) is 5.84 Å². The number of imidazole rings is 1. The summed E-state index contributed by atoms with van der Waals surface area (Å²) in [7, 11) is 0. The molecular formula is C28H37F2N7O3. The third-order valence-electron chi connectivity index (χ3n) is 7.27. The highest BCUT2D eigenvalue weighted by Crippen LogP contribution is 2.28. The number of rotatable bonds is 9. The van der Waals surface area contributed by atoms with Crippen LogP contribution in [-0.2, 0) is 14.3 Å². The molecule has 0 radical (unpaired) electrons. The number of aliphatic imine (C=N–C) groups is 2. The summed E-state index contributed by atoms with van der Waals surface area (Å²) in [6, 6.07) is 6.97. The summed E-state index contributed by atoms with van der Waals surface area (Å²) < 4.78 is 40.9. The van der Waals surface area contributed by atoms with Crippen molar-refractivity contribution in [2.45, 2.75) is 51.7 Å². The molecular weight excluding hydrogens is 520 g/mol. The molecule has 40 heavy (non-hydrogen) atoms. The van der Waals surface area contributed by atoms with E-state index >= 15 is 0 Å². The first-order valence-corrected chi connectivity index (χ1v) is 14.0. The number of amides is 1. The highest BCUT2D eigenvalue weighted by Gasteiger charge is 2.32. The van der Waals surface area contributed by atoms with E-state index in [0.717, 1.165) is 12.8 Å². The van der Waals surface area contributed by atoms with E-state index in [1.54, 1.807) is 35.2 Å². The molecule has 1 aromatic carbocycles. The topological polar surface area (TPSA) is 96.6 Å². The molecule has 0 saturated carbocycles. The molecule has 3 aliphatic rings. The van der Waals surface area contributed by atoms with E-state index in [-0.39, 0.29) is 30.4 Å². The lowest BCUT2D eigenvalue weighted by Crippen LogP contribution is -2.54. The number of aromatic nitrogens is 2. The summed E-state index contributed by atoms with van der Waals surface area (Å²) in [6.45, 7) is 8.26. The van der Waals surface area contributed by atoms with Crippen molar-refractivity contribution >= 4 is 34.4 Å². The maximum atomic E-state index is 14.1. The molecule has 1 aromatic heterocycles. The van der Waals surface area contributed by atoms with E-state index in [1.807, 2.05) is 6.92 Å². The normalized spacial score (nSPS) is 20.3. The Morgan fingerprint density at radius 2 is 2.00 bits per heavy atom. The van der Waals surface area contributed by atoms with Gasteiger partial charge >= 0.3 is 0 Å². The molecule has 0 bridgehead atoms. The molecule has 2 fully saturated rings. The molecule has 5 rings (SSSR count). The molecule has 10 nitrogen and oxygen atoms in total. The smallest absolute Gasteiger partial charge is 0.295 e. The fourth-order valence-electron chi connectivity index (χ4n) is 5.26. The molecule has 2 saturated heterocycles. The van der Waals surface area contributed by atoms with Crippen LogP contribution < -0.4 is 5.32 Å². The fourth-order valence-corrected chi connectivity index (χ4v) is 5.26. The van der Waals surface area contributed by atoms with E-state index in [4.69, 9.17) is 19.5 Å². The van der Waals surface area contributed by atoms with Crippen LogP contribution in [0, 0.1) is 0 Å². The van der Waals surface area contributed by atoms with Gasteiger partial charge in [-0.1, -0.05) is 25.5 Å². The molecule has 2 aromatic rings. The first kappa shape index (κ1) is 28.2. The summed E-state index contributed by atoms with van der Waals surface area (Å²) in [5.41, 5.74) is 1.63. The zero-order valence-corrected chi connectivity index (χ0v) is 23.1. The van der Waals surface area contributed by atoms with Gasteiger partial charge in [-0.3, -0.25) is 14.4 Å². The van der Waals surface area contributed by atoms with Crippen LogP contribution in [-0.4, -0.2) is 102 Å². The lowest BCUT2D eigenvalue weighted by Gasteiger charge is -2.38. The molecule has 1 unspecified atom stereocenters. The van der Waals surface area contributed by atoms with Gasteiger partial charge in [0.25, 0.3) is 6.43 Å². The first-order valence-electron chi connectivity index (χ1n) is 14.0. The predicted molar refractivity (Wildman–Crippen MR) is 150 cm³/mol. The van der Waals surface area contributed by atoms with Gasteiger partial charge in [0, 0.05) is 44.6 Å². The number of fused-ring (bicyclic) bond motifs is 1.